The van der Waals surface area contributed by atoms with Crippen LogP contribution in [0.1, 0.15) is 99.8 Å². The number of aliphatic hydroxyl groups is 1. The summed E-state index contributed by atoms with van der Waals surface area (Å²) in [6.07, 6.45) is 13.5. The number of carbonyl (C=O) groups excluding carboxylic acids is 1. The summed E-state index contributed by atoms with van der Waals surface area (Å²) >= 11 is 0. The number of aliphatic hydroxyl groups excluding tert-OH is 1. The second kappa shape index (κ2) is 7.86. The quantitative estimate of drug-likeness (QED) is 0.486. The third-order valence-electron chi connectivity index (χ3n) is 10.8. The number of allylic oxidation sites excluding steroid dienone is 3. The summed E-state index contributed by atoms with van der Waals surface area (Å²) in [5.41, 5.74) is 2.48. The molecular weight excluding hydrogens is 380 g/mol. The second-order valence-corrected chi connectivity index (χ2v) is 12.8. The Hall–Kier alpha value is -0.890. The van der Waals surface area contributed by atoms with E-state index in [2.05, 4.69) is 60.6 Å². The Morgan fingerprint density at radius 1 is 1.16 bits per heavy atom. The minimum Gasteiger partial charge on any atom is -0.392 e. The Balaban J connectivity index is 1.60. The van der Waals surface area contributed by atoms with Gasteiger partial charge in [0.2, 0.25) is 0 Å². The van der Waals surface area contributed by atoms with Gasteiger partial charge in [0.25, 0.3) is 0 Å². The van der Waals surface area contributed by atoms with Crippen molar-refractivity contribution in [3.63, 3.8) is 0 Å². The van der Waals surface area contributed by atoms with Gasteiger partial charge in [0, 0.05) is 17.3 Å². The highest BCUT2D eigenvalue weighted by molar-refractivity contribution is 5.89. The zero-order valence-electron chi connectivity index (χ0n) is 21.1. The number of ketones is 1. The molecule has 0 unspecified atom stereocenters. The van der Waals surface area contributed by atoms with E-state index in [1.807, 2.05) is 0 Å². The molecule has 0 saturated heterocycles. The van der Waals surface area contributed by atoms with E-state index < -0.39 is 11.5 Å². The molecule has 4 aliphatic rings. The maximum atomic E-state index is 12.8. The van der Waals surface area contributed by atoms with Gasteiger partial charge in [0.05, 0.1) is 6.10 Å². The lowest BCUT2D eigenvalue weighted by Crippen LogP contribution is -2.59. The third-order valence-corrected chi connectivity index (χ3v) is 10.8. The molecule has 4 aliphatic carbocycles. The molecule has 174 valence electrons. The van der Waals surface area contributed by atoms with E-state index in [-0.39, 0.29) is 11.2 Å². The van der Waals surface area contributed by atoms with Crippen molar-refractivity contribution < 1.29 is 9.90 Å². The molecule has 8 atom stereocenters. The summed E-state index contributed by atoms with van der Waals surface area (Å²) in [6, 6.07) is 0. The van der Waals surface area contributed by atoms with Crippen molar-refractivity contribution in [2.75, 3.05) is 0 Å². The first-order chi connectivity index (χ1) is 14.4. The molecule has 0 bridgehead atoms. The Labute approximate surface area is 191 Å². The monoisotopic (exact) mass is 426 g/mol. The standard InChI is InChI=1S/C29H46O2/c1-18(2)9-8-10-19(3)21-12-13-22-20-11-14-24-27(4,5)25(30)17-26(31)29(24,7)23(20)15-16-28(21,22)6/h9,14,19-23,26,31H,8,10-13,15-17H2,1-7H3/t19-,20+,21-,22+,23+,26-,28-,29-/m1/s1. The summed E-state index contributed by atoms with van der Waals surface area (Å²) < 4.78 is 0. The second-order valence-electron chi connectivity index (χ2n) is 12.8. The molecule has 2 nitrogen and oxygen atoms in total. The van der Waals surface area contributed by atoms with Crippen LogP contribution in [0, 0.1) is 45.8 Å². The van der Waals surface area contributed by atoms with Gasteiger partial charge < -0.3 is 5.11 Å². The number of fused-ring (bicyclic) bond motifs is 5. The summed E-state index contributed by atoms with van der Waals surface area (Å²) in [5.74, 6) is 3.79. The highest BCUT2D eigenvalue weighted by Crippen LogP contribution is 2.68. The Bertz CT molecular complexity index is 785. The lowest BCUT2D eigenvalue weighted by molar-refractivity contribution is -0.144. The maximum Gasteiger partial charge on any atom is 0.145 e. The molecule has 4 rings (SSSR count). The summed E-state index contributed by atoms with van der Waals surface area (Å²) in [4.78, 5) is 12.8. The zero-order chi connectivity index (χ0) is 22.8. The molecule has 0 aromatic carbocycles. The normalized spacial score (nSPS) is 44.6. The maximum absolute atomic E-state index is 12.8. The largest absolute Gasteiger partial charge is 0.392 e. The Morgan fingerprint density at radius 2 is 1.87 bits per heavy atom. The SMILES string of the molecule is CC(C)=CCC[C@@H](C)[C@H]1CC[C@H]2[C@@H]3CC=C4C(C)(C)C(=O)C[C@@H](O)[C@]4(C)[C@H]3CC[C@]12C. The zero-order valence-corrected chi connectivity index (χ0v) is 21.1. The van der Waals surface area contributed by atoms with Gasteiger partial charge in [0.15, 0.2) is 0 Å². The van der Waals surface area contributed by atoms with Crippen molar-refractivity contribution >= 4 is 5.78 Å². The fourth-order valence-corrected chi connectivity index (χ4v) is 8.99. The lowest BCUT2D eigenvalue weighted by Gasteiger charge is -2.61. The van der Waals surface area contributed by atoms with E-state index >= 15 is 0 Å². The van der Waals surface area contributed by atoms with Crippen LogP contribution in [0.25, 0.3) is 0 Å². The Morgan fingerprint density at radius 3 is 2.55 bits per heavy atom. The fraction of sp³-hybridized carbons (Fsp3) is 0.828. The number of hydrogen-bond acceptors (Lipinski definition) is 2. The first-order valence-corrected chi connectivity index (χ1v) is 13.0. The summed E-state index contributed by atoms with van der Waals surface area (Å²) in [6.45, 7) is 16.0. The first kappa shape index (κ1) is 23.3. The average Bonchev–Trinajstić information content (AvgIpc) is 3.04. The smallest absolute Gasteiger partial charge is 0.145 e. The van der Waals surface area contributed by atoms with E-state index in [1.54, 1.807) is 0 Å². The third kappa shape index (κ3) is 3.42. The number of rotatable bonds is 4. The minimum absolute atomic E-state index is 0.217. The molecule has 0 heterocycles. The average molecular weight is 427 g/mol. The number of carbonyl (C=O) groups is 1. The van der Waals surface area contributed by atoms with Crippen LogP contribution >= 0.6 is 0 Å². The van der Waals surface area contributed by atoms with Gasteiger partial charge in [-0.3, -0.25) is 4.79 Å². The Kier molecular flexibility index (Phi) is 5.90. The van der Waals surface area contributed by atoms with Crippen molar-refractivity contribution in [1.29, 1.82) is 0 Å². The molecule has 2 heteroatoms. The van der Waals surface area contributed by atoms with Gasteiger partial charge in [-0.2, -0.15) is 0 Å². The van der Waals surface area contributed by atoms with Crippen LogP contribution in [0.3, 0.4) is 0 Å². The number of Topliss-reactive ketones (excluding diaryl/α,β-unsaturated/α-hetero) is 1. The summed E-state index contributed by atoms with van der Waals surface area (Å²) in [5, 5.41) is 11.2. The first-order valence-electron chi connectivity index (χ1n) is 13.0. The molecule has 1 N–H and O–H groups in total. The molecule has 0 amide bonds. The van der Waals surface area contributed by atoms with E-state index in [1.165, 1.54) is 49.7 Å². The van der Waals surface area contributed by atoms with Crippen LogP contribution in [0.15, 0.2) is 23.3 Å². The van der Waals surface area contributed by atoms with E-state index in [9.17, 15) is 9.90 Å². The lowest BCUT2D eigenvalue weighted by atomic mass is 9.43. The fourth-order valence-electron chi connectivity index (χ4n) is 8.99. The highest BCUT2D eigenvalue weighted by Gasteiger charge is 2.63. The van der Waals surface area contributed by atoms with Crippen LogP contribution in [-0.4, -0.2) is 17.0 Å². The predicted molar refractivity (Wildman–Crippen MR) is 129 cm³/mol. The van der Waals surface area contributed by atoms with Crippen molar-refractivity contribution in [2.24, 2.45) is 45.8 Å². The van der Waals surface area contributed by atoms with Crippen molar-refractivity contribution in [3.05, 3.63) is 23.3 Å². The van der Waals surface area contributed by atoms with E-state index in [0.717, 1.165) is 24.2 Å². The van der Waals surface area contributed by atoms with Gasteiger partial charge in [-0.15, -0.1) is 0 Å². The highest BCUT2D eigenvalue weighted by atomic mass is 16.3. The predicted octanol–water partition coefficient (Wildman–Crippen LogP) is 7.12. The van der Waals surface area contributed by atoms with Gasteiger partial charge in [-0.05, 0) is 108 Å². The van der Waals surface area contributed by atoms with Crippen molar-refractivity contribution in [3.8, 4) is 0 Å². The van der Waals surface area contributed by atoms with Crippen molar-refractivity contribution in [2.45, 2.75) is 106 Å². The molecular formula is C29H46O2. The topological polar surface area (TPSA) is 37.3 Å². The van der Waals surface area contributed by atoms with Gasteiger partial charge >= 0.3 is 0 Å². The van der Waals surface area contributed by atoms with Crippen LogP contribution in [0.2, 0.25) is 0 Å². The van der Waals surface area contributed by atoms with Gasteiger partial charge in [-0.1, -0.05) is 44.1 Å². The van der Waals surface area contributed by atoms with Crippen LogP contribution in [0.4, 0.5) is 0 Å². The molecule has 0 spiro atoms. The van der Waals surface area contributed by atoms with E-state index in [0.29, 0.717) is 23.7 Å². The molecule has 31 heavy (non-hydrogen) atoms. The molecule has 0 radical (unpaired) electrons. The van der Waals surface area contributed by atoms with Crippen LogP contribution in [0.5, 0.6) is 0 Å². The molecule has 3 fully saturated rings. The molecule has 3 saturated carbocycles. The summed E-state index contributed by atoms with van der Waals surface area (Å²) in [7, 11) is 0. The molecule has 0 aromatic heterocycles. The molecule has 0 aromatic rings. The van der Waals surface area contributed by atoms with Crippen molar-refractivity contribution in [1.82, 2.24) is 0 Å². The molecule has 0 aliphatic heterocycles. The van der Waals surface area contributed by atoms with Gasteiger partial charge in [-0.25, -0.2) is 0 Å². The van der Waals surface area contributed by atoms with Crippen LogP contribution in [-0.2, 0) is 4.79 Å². The van der Waals surface area contributed by atoms with Gasteiger partial charge in [0.1, 0.15) is 5.78 Å². The number of hydrogen-bond donors (Lipinski definition) is 1. The van der Waals surface area contributed by atoms with E-state index in [4.69, 9.17) is 0 Å². The van der Waals surface area contributed by atoms with Crippen LogP contribution < -0.4 is 0 Å². The minimum atomic E-state index is -0.517.